The number of carbonyl (C=O) groups excluding carboxylic acids is 3. The first kappa shape index (κ1) is 25.4. The second-order valence-corrected chi connectivity index (χ2v) is 10.1. The molecule has 1 unspecified atom stereocenters. The van der Waals surface area contributed by atoms with Crippen LogP contribution in [0.4, 0.5) is 11.4 Å². The monoisotopic (exact) mass is 509 g/mol. The third kappa shape index (κ3) is 5.13. The number of rotatable bonds is 7. The standard InChI is InChI=1S/C26H31N5O4S/c1-14-9-10-15(2)18(13-14)31(26(34)23-20(27)21(24(28)32)30-36-23)22(19-12-11-16(3)35-19)25(33)29-17-7-5-4-6-8-17/h9-13,17,22H,4-8,27H2,1-3H3,(H2,28,32)(H,29,33). The quantitative estimate of drug-likeness (QED) is 0.436. The van der Waals surface area contributed by atoms with Crippen LogP contribution in [0.5, 0.6) is 0 Å². The molecule has 5 N–H and O–H groups in total. The van der Waals surface area contributed by atoms with Crippen LogP contribution in [0.25, 0.3) is 0 Å². The fourth-order valence-electron chi connectivity index (χ4n) is 4.58. The number of primary amides is 1. The number of aromatic nitrogens is 1. The molecule has 3 amide bonds. The van der Waals surface area contributed by atoms with Gasteiger partial charge >= 0.3 is 0 Å². The molecule has 4 rings (SSSR count). The second-order valence-electron chi connectivity index (χ2n) is 9.30. The maximum Gasteiger partial charge on any atom is 0.273 e. The molecule has 1 aliphatic rings. The summed E-state index contributed by atoms with van der Waals surface area (Å²) in [6.07, 6.45) is 5.01. The minimum absolute atomic E-state index is 0.0234. The fourth-order valence-corrected chi connectivity index (χ4v) is 5.33. The zero-order chi connectivity index (χ0) is 26.0. The molecule has 0 radical (unpaired) electrons. The smallest absolute Gasteiger partial charge is 0.273 e. The summed E-state index contributed by atoms with van der Waals surface area (Å²) in [6.45, 7) is 5.55. The maximum absolute atomic E-state index is 14.1. The topological polar surface area (TPSA) is 145 Å². The number of hydrogen-bond acceptors (Lipinski definition) is 7. The maximum atomic E-state index is 14.1. The molecule has 1 saturated carbocycles. The van der Waals surface area contributed by atoms with Gasteiger partial charge in [-0.1, -0.05) is 31.4 Å². The summed E-state index contributed by atoms with van der Waals surface area (Å²) in [6, 6.07) is 8.05. The number of nitrogen functional groups attached to an aromatic ring is 1. The Kier molecular flexibility index (Phi) is 7.44. The van der Waals surface area contributed by atoms with Gasteiger partial charge in [0.15, 0.2) is 11.7 Å². The number of anilines is 2. The van der Waals surface area contributed by atoms with Gasteiger partial charge in [0.1, 0.15) is 16.4 Å². The van der Waals surface area contributed by atoms with Gasteiger partial charge in [0.25, 0.3) is 17.7 Å². The highest BCUT2D eigenvalue weighted by Gasteiger charge is 2.39. The molecule has 190 valence electrons. The van der Waals surface area contributed by atoms with Crippen LogP contribution >= 0.6 is 11.5 Å². The Morgan fingerprint density at radius 1 is 1.11 bits per heavy atom. The summed E-state index contributed by atoms with van der Waals surface area (Å²) in [7, 11) is 0. The van der Waals surface area contributed by atoms with E-state index in [1.54, 1.807) is 19.1 Å². The Hall–Kier alpha value is -3.66. The summed E-state index contributed by atoms with van der Waals surface area (Å²) in [4.78, 5) is 41.2. The summed E-state index contributed by atoms with van der Waals surface area (Å²) < 4.78 is 9.91. The van der Waals surface area contributed by atoms with Crippen LogP contribution in [0.15, 0.2) is 34.7 Å². The number of amides is 3. The molecule has 1 fully saturated rings. The van der Waals surface area contributed by atoms with E-state index in [0.29, 0.717) is 17.2 Å². The molecule has 1 atom stereocenters. The van der Waals surface area contributed by atoms with Crippen molar-refractivity contribution in [2.75, 3.05) is 10.6 Å². The minimum Gasteiger partial charge on any atom is -0.464 e. The molecule has 0 aliphatic heterocycles. The van der Waals surface area contributed by atoms with Crippen molar-refractivity contribution in [1.82, 2.24) is 9.69 Å². The summed E-state index contributed by atoms with van der Waals surface area (Å²) >= 11 is 0.781. The van der Waals surface area contributed by atoms with Crippen LogP contribution in [0.3, 0.4) is 0 Å². The summed E-state index contributed by atoms with van der Waals surface area (Å²) in [5, 5.41) is 3.14. The van der Waals surface area contributed by atoms with Gasteiger partial charge in [-0.25, -0.2) is 0 Å². The van der Waals surface area contributed by atoms with Gasteiger partial charge in [0, 0.05) is 11.7 Å². The lowest BCUT2D eigenvalue weighted by Crippen LogP contribution is -2.47. The van der Waals surface area contributed by atoms with E-state index in [-0.39, 0.29) is 28.2 Å². The Morgan fingerprint density at radius 2 is 1.83 bits per heavy atom. The van der Waals surface area contributed by atoms with Crippen molar-refractivity contribution >= 4 is 40.6 Å². The van der Waals surface area contributed by atoms with Crippen molar-refractivity contribution in [3.05, 3.63) is 63.6 Å². The van der Waals surface area contributed by atoms with Crippen molar-refractivity contribution in [3.63, 3.8) is 0 Å². The largest absolute Gasteiger partial charge is 0.464 e. The van der Waals surface area contributed by atoms with Crippen LogP contribution in [-0.4, -0.2) is 28.1 Å². The number of nitrogens with zero attached hydrogens (tertiary/aromatic N) is 2. The third-order valence-corrected chi connectivity index (χ3v) is 7.34. The first-order chi connectivity index (χ1) is 17.2. The Balaban J connectivity index is 1.86. The van der Waals surface area contributed by atoms with E-state index in [1.165, 1.54) is 4.90 Å². The minimum atomic E-state index is -1.10. The van der Waals surface area contributed by atoms with E-state index in [1.807, 2.05) is 32.0 Å². The molecular formula is C26H31N5O4S. The van der Waals surface area contributed by atoms with Crippen molar-refractivity contribution < 1.29 is 18.8 Å². The molecule has 10 heteroatoms. The molecule has 2 heterocycles. The van der Waals surface area contributed by atoms with Crippen molar-refractivity contribution in [3.8, 4) is 0 Å². The Morgan fingerprint density at radius 3 is 2.44 bits per heavy atom. The molecule has 3 aromatic rings. The normalized spacial score (nSPS) is 14.9. The fraction of sp³-hybridized carbons (Fsp3) is 0.385. The SMILES string of the molecule is Cc1ccc(C)c(N(C(=O)c2snc(C(N)=O)c2N)C(C(=O)NC2CCCCC2)c2ccc(C)o2)c1. The molecule has 9 nitrogen and oxygen atoms in total. The number of carbonyl (C=O) groups is 3. The van der Waals surface area contributed by atoms with Gasteiger partial charge in [-0.05, 0) is 74.5 Å². The van der Waals surface area contributed by atoms with E-state index in [0.717, 1.165) is 54.8 Å². The predicted molar refractivity (Wildman–Crippen MR) is 139 cm³/mol. The Bertz CT molecular complexity index is 1290. The van der Waals surface area contributed by atoms with Crippen molar-refractivity contribution in [2.24, 2.45) is 5.73 Å². The first-order valence-corrected chi connectivity index (χ1v) is 12.8. The number of hydrogen-bond donors (Lipinski definition) is 3. The first-order valence-electron chi connectivity index (χ1n) is 12.0. The second kappa shape index (κ2) is 10.5. The highest BCUT2D eigenvalue weighted by atomic mass is 32.1. The average molecular weight is 510 g/mol. The molecule has 1 aliphatic carbocycles. The average Bonchev–Trinajstić information content (AvgIpc) is 3.44. The zero-order valence-electron chi connectivity index (χ0n) is 20.7. The molecule has 1 aromatic carbocycles. The zero-order valence-corrected chi connectivity index (χ0v) is 21.5. The van der Waals surface area contributed by atoms with E-state index in [9.17, 15) is 14.4 Å². The highest BCUT2D eigenvalue weighted by Crippen LogP contribution is 2.36. The lowest BCUT2D eigenvalue weighted by molar-refractivity contribution is -0.123. The molecule has 2 aromatic heterocycles. The highest BCUT2D eigenvalue weighted by molar-refractivity contribution is 7.09. The number of nitrogens with two attached hydrogens (primary N) is 2. The predicted octanol–water partition coefficient (Wildman–Crippen LogP) is 4.18. The number of benzene rings is 1. The van der Waals surface area contributed by atoms with Crippen LogP contribution in [-0.2, 0) is 4.79 Å². The Labute approximate surface area is 214 Å². The lowest BCUT2D eigenvalue weighted by atomic mass is 9.95. The lowest BCUT2D eigenvalue weighted by Gasteiger charge is -2.33. The number of aryl methyl sites for hydroxylation is 3. The molecule has 0 spiro atoms. The van der Waals surface area contributed by atoms with Gasteiger partial charge in [-0.2, -0.15) is 4.37 Å². The summed E-state index contributed by atoms with van der Waals surface area (Å²) in [5.74, 6) is -0.794. The van der Waals surface area contributed by atoms with E-state index in [2.05, 4.69) is 9.69 Å². The summed E-state index contributed by atoms with van der Waals surface area (Å²) in [5.41, 5.74) is 13.5. The van der Waals surface area contributed by atoms with E-state index >= 15 is 0 Å². The molecular weight excluding hydrogens is 478 g/mol. The van der Waals surface area contributed by atoms with Gasteiger partial charge < -0.3 is 21.2 Å². The van der Waals surface area contributed by atoms with E-state index in [4.69, 9.17) is 15.9 Å². The third-order valence-electron chi connectivity index (χ3n) is 6.49. The number of nitrogens with one attached hydrogen (secondary N) is 1. The van der Waals surface area contributed by atoms with Crippen LogP contribution in [0.1, 0.15) is 81.0 Å². The van der Waals surface area contributed by atoms with Gasteiger partial charge in [0.05, 0.1) is 5.69 Å². The van der Waals surface area contributed by atoms with Crippen molar-refractivity contribution in [1.29, 1.82) is 0 Å². The molecule has 36 heavy (non-hydrogen) atoms. The molecule has 0 saturated heterocycles. The van der Waals surface area contributed by atoms with Crippen LogP contribution < -0.4 is 21.7 Å². The van der Waals surface area contributed by atoms with Gasteiger partial charge in [-0.3, -0.25) is 19.3 Å². The van der Waals surface area contributed by atoms with Gasteiger partial charge in [-0.15, -0.1) is 0 Å². The van der Waals surface area contributed by atoms with E-state index < -0.39 is 17.9 Å². The van der Waals surface area contributed by atoms with Crippen molar-refractivity contribution in [2.45, 2.75) is 65.0 Å². The van der Waals surface area contributed by atoms with Gasteiger partial charge in [0.2, 0.25) is 0 Å². The van der Waals surface area contributed by atoms with Crippen LogP contribution in [0.2, 0.25) is 0 Å². The molecule has 0 bridgehead atoms. The van der Waals surface area contributed by atoms with Crippen LogP contribution in [0, 0.1) is 20.8 Å². The number of furan rings is 1.